The molecule has 1 aliphatic rings. The molecule has 0 aromatic heterocycles. The fourth-order valence-electron chi connectivity index (χ4n) is 3.54. The minimum Gasteiger partial charge on any atom is -0.481 e. The van der Waals surface area contributed by atoms with Gasteiger partial charge in [0.05, 0.1) is 6.42 Å². The van der Waals surface area contributed by atoms with Crippen molar-refractivity contribution < 1.29 is 9.90 Å². The zero-order valence-electron chi connectivity index (χ0n) is 12.3. The van der Waals surface area contributed by atoms with Crippen molar-refractivity contribution >= 4 is 5.97 Å². The maximum absolute atomic E-state index is 11.2. The number of aliphatic carboxylic acids is 1. The Morgan fingerprint density at radius 2 is 2.15 bits per heavy atom. The number of hydrogen-bond donors (Lipinski definition) is 2. The molecule has 3 nitrogen and oxygen atoms in total. The minimum atomic E-state index is -0.666. The molecule has 3 heteroatoms. The van der Waals surface area contributed by atoms with Crippen molar-refractivity contribution in [2.24, 2.45) is 11.3 Å². The van der Waals surface area contributed by atoms with Gasteiger partial charge in [0.15, 0.2) is 0 Å². The average molecular weight is 275 g/mol. The quantitative estimate of drug-likeness (QED) is 0.836. The predicted molar refractivity (Wildman–Crippen MR) is 80.5 cm³/mol. The Balaban J connectivity index is 1.92. The summed E-state index contributed by atoms with van der Waals surface area (Å²) in [6.45, 7) is 3.86. The molecular weight excluding hydrogens is 250 g/mol. The van der Waals surface area contributed by atoms with Gasteiger partial charge in [0.1, 0.15) is 0 Å². The van der Waals surface area contributed by atoms with E-state index in [1.807, 2.05) is 18.2 Å². The van der Waals surface area contributed by atoms with Gasteiger partial charge in [-0.25, -0.2) is 0 Å². The monoisotopic (exact) mass is 275 g/mol. The molecule has 0 saturated heterocycles. The maximum Gasteiger partial charge on any atom is 0.303 e. The van der Waals surface area contributed by atoms with Crippen molar-refractivity contribution in [2.45, 2.75) is 45.6 Å². The molecule has 20 heavy (non-hydrogen) atoms. The normalized spacial score (nSPS) is 26.4. The van der Waals surface area contributed by atoms with Gasteiger partial charge in [-0.2, -0.15) is 0 Å². The third-order valence-corrected chi connectivity index (χ3v) is 4.38. The van der Waals surface area contributed by atoms with Crippen LogP contribution in [-0.2, 0) is 11.3 Å². The van der Waals surface area contributed by atoms with Crippen LogP contribution in [0.3, 0.4) is 0 Å². The van der Waals surface area contributed by atoms with Crippen LogP contribution in [0.15, 0.2) is 30.3 Å². The number of carbonyl (C=O) groups is 1. The van der Waals surface area contributed by atoms with Crippen LogP contribution < -0.4 is 5.32 Å². The van der Waals surface area contributed by atoms with Crippen molar-refractivity contribution in [1.29, 1.82) is 0 Å². The fraction of sp³-hybridized carbons (Fsp3) is 0.588. The number of carboxylic acids is 1. The zero-order valence-corrected chi connectivity index (χ0v) is 12.3. The highest BCUT2D eigenvalue weighted by Gasteiger charge is 2.36. The molecule has 1 fully saturated rings. The predicted octanol–water partition coefficient (Wildman–Crippen LogP) is 3.45. The summed E-state index contributed by atoms with van der Waals surface area (Å²) >= 11 is 0. The third-order valence-electron chi connectivity index (χ3n) is 4.38. The number of benzene rings is 1. The van der Waals surface area contributed by atoms with Crippen molar-refractivity contribution in [2.75, 3.05) is 6.54 Å². The van der Waals surface area contributed by atoms with E-state index in [-0.39, 0.29) is 5.41 Å². The SMILES string of the molecule is C[C@@H]1CCC[C@](CNCc2ccccc2)(CC(=O)O)C1. The molecule has 1 aromatic carbocycles. The molecule has 110 valence electrons. The van der Waals surface area contributed by atoms with E-state index in [9.17, 15) is 9.90 Å². The summed E-state index contributed by atoms with van der Waals surface area (Å²) < 4.78 is 0. The van der Waals surface area contributed by atoms with E-state index in [0.717, 1.165) is 32.4 Å². The molecule has 2 rings (SSSR count). The second-order valence-electron chi connectivity index (χ2n) is 6.36. The van der Waals surface area contributed by atoms with Crippen LogP contribution in [0.2, 0.25) is 0 Å². The second kappa shape index (κ2) is 6.89. The van der Waals surface area contributed by atoms with Crippen LogP contribution in [0.5, 0.6) is 0 Å². The lowest BCUT2D eigenvalue weighted by atomic mass is 9.68. The van der Waals surface area contributed by atoms with E-state index in [1.54, 1.807) is 0 Å². The lowest BCUT2D eigenvalue weighted by Gasteiger charge is -2.39. The Morgan fingerprint density at radius 1 is 1.40 bits per heavy atom. The van der Waals surface area contributed by atoms with Gasteiger partial charge in [0, 0.05) is 13.1 Å². The van der Waals surface area contributed by atoms with E-state index < -0.39 is 5.97 Å². The first-order chi connectivity index (χ1) is 9.60. The molecule has 0 unspecified atom stereocenters. The highest BCUT2D eigenvalue weighted by atomic mass is 16.4. The number of rotatable bonds is 6. The van der Waals surface area contributed by atoms with Crippen molar-refractivity contribution in [1.82, 2.24) is 5.32 Å². The Labute approximate surface area is 121 Å². The summed E-state index contributed by atoms with van der Waals surface area (Å²) in [5, 5.41) is 12.7. The van der Waals surface area contributed by atoms with Gasteiger partial charge in [-0.3, -0.25) is 4.79 Å². The van der Waals surface area contributed by atoms with E-state index >= 15 is 0 Å². The van der Waals surface area contributed by atoms with Crippen LogP contribution in [-0.4, -0.2) is 17.6 Å². The Kier molecular flexibility index (Phi) is 5.18. The first-order valence-corrected chi connectivity index (χ1v) is 7.56. The Bertz CT molecular complexity index is 432. The number of nitrogens with one attached hydrogen (secondary N) is 1. The van der Waals surface area contributed by atoms with Crippen LogP contribution in [0.25, 0.3) is 0 Å². The van der Waals surface area contributed by atoms with E-state index in [4.69, 9.17) is 0 Å². The standard InChI is InChI=1S/C17H25NO2/c1-14-6-5-9-17(10-14,11-16(19)20)13-18-12-15-7-3-2-4-8-15/h2-4,7-8,14,18H,5-6,9-13H2,1H3,(H,19,20)/t14-,17-/m1/s1. The Morgan fingerprint density at radius 3 is 2.80 bits per heavy atom. The van der Waals surface area contributed by atoms with Gasteiger partial charge in [0.25, 0.3) is 0 Å². The Hall–Kier alpha value is -1.35. The summed E-state index contributed by atoms with van der Waals surface area (Å²) in [5.41, 5.74) is 1.19. The van der Waals surface area contributed by atoms with Crippen molar-refractivity contribution in [3.63, 3.8) is 0 Å². The molecule has 0 radical (unpaired) electrons. The molecule has 1 aliphatic carbocycles. The van der Waals surface area contributed by atoms with Crippen LogP contribution in [0, 0.1) is 11.3 Å². The summed E-state index contributed by atoms with van der Waals surface area (Å²) in [7, 11) is 0. The summed E-state index contributed by atoms with van der Waals surface area (Å²) in [5.74, 6) is -0.0257. The van der Waals surface area contributed by atoms with Gasteiger partial charge in [-0.15, -0.1) is 0 Å². The topological polar surface area (TPSA) is 49.3 Å². The van der Waals surface area contributed by atoms with Crippen LogP contribution in [0.1, 0.15) is 44.6 Å². The largest absolute Gasteiger partial charge is 0.481 e. The highest BCUT2D eigenvalue weighted by molar-refractivity contribution is 5.67. The summed E-state index contributed by atoms with van der Waals surface area (Å²) in [4.78, 5) is 11.2. The molecule has 0 heterocycles. The molecule has 0 aliphatic heterocycles. The van der Waals surface area contributed by atoms with Gasteiger partial charge < -0.3 is 10.4 Å². The van der Waals surface area contributed by atoms with Crippen LogP contribution in [0.4, 0.5) is 0 Å². The smallest absolute Gasteiger partial charge is 0.303 e. The molecule has 0 amide bonds. The van der Waals surface area contributed by atoms with Gasteiger partial charge in [0.2, 0.25) is 0 Å². The highest BCUT2D eigenvalue weighted by Crippen LogP contribution is 2.41. The molecule has 2 atom stereocenters. The zero-order chi connectivity index (χ0) is 14.4. The summed E-state index contributed by atoms with van der Waals surface area (Å²) in [6.07, 6.45) is 4.74. The molecular formula is C17H25NO2. The van der Waals surface area contributed by atoms with Crippen LogP contribution >= 0.6 is 0 Å². The lowest BCUT2D eigenvalue weighted by molar-refractivity contribution is -0.140. The lowest BCUT2D eigenvalue weighted by Crippen LogP contribution is -2.39. The van der Waals surface area contributed by atoms with E-state index in [0.29, 0.717) is 12.3 Å². The first kappa shape index (κ1) is 15.0. The molecule has 0 bridgehead atoms. The summed E-state index contributed by atoms with van der Waals surface area (Å²) in [6, 6.07) is 10.3. The van der Waals surface area contributed by atoms with Gasteiger partial charge >= 0.3 is 5.97 Å². The minimum absolute atomic E-state index is 0.0573. The number of carboxylic acid groups (broad SMARTS) is 1. The molecule has 2 N–H and O–H groups in total. The molecule has 1 aromatic rings. The second-order valence-corrected chi connectivity index (χ2v) is 6.36. The van der Waals surface area contributed by atoms with Gasteiger partial charge in [-0.05, 0) is 29.7 Å². The maximum atomic E-state index is 11.2. The number of hydrogen-bond acceptors (Lipinski definition) is 2. The molecule has 0 spiro atoms. The van der Waals surface area contributed by atoms with Crippen molar-refractivity contribution in [3.05, 3.63) is 35.9 Å². The van der Waals surface area contributed by atoms with E-state index in [2.05, 4.69) is 24.4 Å². The third kappa shape index (κ3) is 4.34. The van der Waals surface area contributed by atoms with Gasteiger partial charge in [-0.1, -0.05) is 50.1 Å². The van der Waals surface area contributed by atoms with E-state index in [1.165, 1.54) is 12.0 Å². The molecule has 1 saturated carbocycles. The first-order valence-electron chi connectivity index (χ1n) is 7.56. The average Bonchev–Trinajstić information content (AvgIpc) is 2.39. The fourth-order valence-corrected chi connectivity index (χ4v) is 3.54. The van der Waals surface area contributed by atoms with Crippen molar-refractivity contribution in [3.8, 4) is 0 Å².